The Morgan fingerprint density at radius 3 is 2.64 bits per heavy atom. The van der Waals surface area contributed by atoms with Crippen LogP contribution >= 0.6 is 0 Å². The van der Waals surface area contributed by atoms with E-state index < -0.39 is 0 Å². The standard InChI is InChI=1S/C23H34N4O/c1-17-12-18(2)22(26-14-17)15-27(21-7-10-24-11-8-21)16-23-20(6-5-9-25-23)13-19(3)28-4/h5-6,9,12,14,19,21,24H,7-8,10-11,13,15-16H2,1-4H3. The predicted molar refractivity (Wildman–Crippen MR) is 113 cm³/mol. The number of aryl methyl sites for hydroxylation is 2. The van der Waals surface area contributed by atoms with Gasteiger partial charge in [0.1, 0.15) is 0 Å². The number of hydrogen-bond acceptors (Lipinski definition) is 5. The average molecular weight is 383 g/mol. The first-order valence-electron chi connectivity index (χ1n) is 10.4. The lowest BCUT2D eigenvalue weighted by atomic mass is 10.0. The molecule has 1 N–H and O–H groups in total. The molecular formula is C23H34N4O. The third kappa shape index (κ3) is 5.60. The van der Waals surface area contributed by atoms with Crippen molar-refractivity contribution in [2.75, 3.05) is 20.2 Å². The SMILES string of the molecule is COC(C)Cc1cccnc1CN(Cc1ncc(C)cc1C)C1CCNCC1. The molecule has 0 aliphatic carbocycles. The molecule has 28 heavy (non-hydrogen) atoms. The quantitative estimate of drug-likeness (QED) is 0.758. The van der Waals surface area contributed by atoms with Crippen molar-refractivity contribution in [1.29, 1.82) is 0 Å². The monoisotopic (exact) mass is 382 g/mol. The van der Waals surface area contributed by atoms with Crippen LogP contribution in [0.5, 0.6) is 0 Å². The molecule has 0 radical (unpaired) electrons. The van der Waals surface area contributed by atoms with Crippen LogP contribution in [0.3, 0.4) is 0 Å². The highest BCUT2D eigenvalue weighted by atomic mass is 16.5. The van der Waals surface area contributed by atoms with Crippen molar-refractivity contribution >= 4 is 0 Å². The van der Waals surface area contributed by atoms with Gasteiger partial charge in [-0.25, -0.2) is 0 Å². The van der Waals surface area contributed by atoms with Crippen LogP contribution in [0.1, 0.15) is 47.8 Å². The van der Waals surface area contributed by atoms with Gasteiger partial charge in [0.05, 0.1) is 17.5 Å². The lowest BCUT2D eigenvalue weighted by Gasteiger charge is -2.35. The van der Waals surface area contributed by atoms with Crippen LogP contribution in [0.2, 0.25) is 0 Å². The van der Waals surface area contributed by atoms with E-state index in [1.165, 1.54) is 35.2 Å². The molecule has 0 bridgehead atoms. The summed E-state index contributed by atoms with van der Waals surface area (Å²) in [6.07, 6.45) is 7.31. The van der Waals surface area contributed by atoms with E-state index in [2.05, 4.69) is 43.1 Å². The Kier molecular flexibility index (Phi) is 7.54. The van der Waals surface area contributed by atoms with Crippen LogP contribution in [0, 0.1) is 13.8 Å². The van der Waals surface area contributed by atoms with E-state index >= 15 is 0 Å². The average Bonchev–Trinajstić information content (AvgIpc) is 2.71. The van der Waals surface area contributed by atoms with E-state index in [-0.39, 0.29) is 6.10 Å². The maximum atomic E-state index is 5.49. The fraction of sp³-hybridized carbons (Fsp3) is 0.565. The van der Waals surface area contributed by atoms with Gasteiger partial charge in [0.2, 0.25) is 0 Å². The van der Waals surface area contributed by atoms with Crippen molar-refractivity contribution in [3.63, 3.8) is 0 Å². The number of nitrogens with zero attached hydrogens (tertiary/aromatic N) is 3. The molecule has 5 heteroatoms. The van der Waals surface area contributed by atoms with Gasteiger partial charge >= 0.3 is 0 Å². The lowest BCUT2D eigenvalue weighted by Crippen LogP contribution is -2.43. The molecular weight excluding hydrogens is 348 g/mol. The minimum atomic E-state index is 0.191. The van der Waals surface area contributed by atoms with Gasteiger partial charge in [0, 0.05) is 45.1 Å². The topological polar surface area (TPSA) is 50.3 Å². The molecule has 1 saturated heterocycles. The molecule has 2 aromatic heterocycles. The molecule has 0 aromatic carbocycles. The molecule has 2 aromatic rings. The third-order valence-corrected chi connectivity index (χ3v) is 5.75. The van der Waals surface area contributed by atoms with Gasteiger partial charge in [-0.2, -0.15) is 0 Å². The van der Waals surface area contributed by atoms with E-state index in [9.17, 15) is 0 Å². The van der Waals surface area contributed by atoms with Crippen molar-refractivity contribution in [2.45, 2.75) is 65.3 Å². The molecule has 0 amide bonds. The maximum absolute atomic E-state index is 5.49. The summed E-state index contributed by atoms with van der Waals surface area (Å²) in [5.41, 5.74) is 6.11. The number of methoxy groups -OCH3 is 1. The van der Waals surface area contributed by atoms with Gasteiger partial charge in [0.15, 0.2) is 0 Å². The van der Waals surface area contributed by atoms with Gasteiger partial charge < -0.3 is 10.1 Å². The second kappa shape index (κ2) is 10.1. The zero-order chi connectivity index (χ0) is 19.9. The summed E-state index contributed by atoms with van der Waals surface area (Å²) < 4.78 is 5.49. The second-order valence-corrected chi connectivity index (χ2v) is 8.02. The van der Waals surface area contributed by atoms with E-state index in [4.69, 9.17) is 14.7 Å². The van der Waals surface area contributed by atoms with Crippen molar-refractivity contribution in [2.24, 2.45) is 0 Å². The van der Waals surface area contributed by atoms with Crippen molar-refractivity contribution in [3.8, 4) is 0 Å². The molecule has 0 saturated carbocycles. The summed E-state index contributed by atoms with van der Waals surface area (Å²) in [6.45, 7) is 10.3. The fourth-order valence-electron chi connectivity index (χ4n) is 3.97. The smallest absolute Gasteiger partial charge is 0.0584 e. The van der Waals surface area contributed by atoms with E-state index in [1.807, 2.05) is 18.5 Å². The Labute approximate surface area is 169 Å². The largest absolute Gasteiger partial charge is 0.381 e. The number of rotatable bonds is 8. The molecule has 1 aliphatic rings. The van der Waals surface area contributed by atoms with Crippen LogP contribution in [0.15, 0.2) is 30.6 Å². The Hall–Kier alpha value is -1.82. The Morgan fingerprint density at radius 2 is 1.93 bits per heavy atom. The maximum Gasteiger partial charge on any atom is 0.0584 e. The fourth-order valence-corrected chi connectivity index (χ4v) is 3.97. The Bertz CT molecular complexity index is 758. The highest BCUT2D eigenvalue weighted by Crippen LogP contribution is 2.21. The number of nitrogens with one attached hydrogen (secondary N) is 1. The summed E-state index contributed by atoms with van der Waals surface area (Å²) in [5.74, 6) is 0. The van der Waals surface area contributed by atoms with Crippen molar-refractivity contribution < 1.29 is 4.74 Å². The van der Waals surface area contributed by atoms with Crippen molar-refractivity contribution in [3.05, 3.63) is 58.7 Å². The summed E-state index contributed by atoms with van der Waals surface area (Å²) in [5, 5.41) is 3.49. The minimum absolute atomic E-state index is 0.191. The Morgan fingerprint density at radius 1 is 1.18 bits per heavy atom. The zero-order valence-corrected chi connectivity index (χ0v) is 17.7. The van der Waals surface area contributed by atoms with Crippen LogP contribution < -0.4 is 5.32 Å². The molecule has 0 spiro atoms. The summed E-state index contributed by atoms with van der Waals surface area (Å²) in [6, 6.07) is 7.00. The second-order valence-electron chi connectivity index (χ2n) is 8.02. The first-order chi connectivity index (χ1) is 13.6. The summed E-state index contributed by atoms with van der Waals surface area (Å²) in [7, 11) is 1.77. The third-order valence-electron chi connectivity index (χ3n) is 5.75. The minimum Gasteiger partial charge on any atom is -0.381 e. The van der Waals surface area contributed by atoms with Gasteiger partial charge in [-0.1, -0.05) is 12.1 Å². The van der Waals surface area contributed by atoms with Gasteiger partial charge in [-0.3, -0.25) is 14.9 Å². The van der Waals surface area contributed by atoms with E-state index in [0.717, 1.165) is 38.3 Å². The molecule has 5 nitrogen and oxygen atoms in total. The first-order valence-corrected chi connectivity index (χ1v) is 10.4. The summed E-state index contributed by atoms with van der Waals surface area (Å²) in [4.78, 5) is 12.1. The molecule has 1 atom stereocenters. The van der Waals surface area contributed by atoms with Crippen LogP contribution in [0.4, 0.5) is 0 Å². The van der Waals surface area contributed by atoms with Crippen LogP contribution in [-0.4, -0.2) is 47.2 Å². The molecule has 1 fully saturated rings. The van der Waals surface area contributed by atoms with Gasteiger partial charge in [0.25, 0.3) is 0 Å². The zero-order valence-electron chi connectivity index (χ0n) is 17.7. The van der Waals surface area contributed by atoms with E-state index in [1.54, 1.807) is 7.11 Å². The lowest BCUT2D eigenvalue weighted by molar-refractivity contribution is 0.117. The molecule has 3 rings (SSSR count). The predicted octanol–water partition coefficient (Wildman–Crippen LogP) is 3.43. The van der Waals surface area contributed by atoms with Crippen molar-refractivity contribution in [1.82, 2.24) is 20.2 Å². The molecule has 3 heterocycles. The van der Waals surface area contributed by atoms with E-state index in [0.29, 0.717) is 6.04 Å². The first kappa shape index (κ1) is 20.9. The number of ether oxygens (including phenoxy) is 1. The molecule has 1 unspecified atom stereocenters. The normalized spacial score (nSPS) is 16.5. The van der Waals surface area contributed by atoms with Gasteiger partial charge in [-0.05, 0) is 69.5 Å². The van der Waals surface area contributed by atoms with Crippen LogP contribution in [0.25, 0.3) is 0 Å². The highest BCUT2D eigenvalue weighted by Gasteiger charge is 2.23. The number of pyridine rings is 2. The number of hydrogen-bond donors (Lipinski definition) is 1. The molecule has 152 valence electrons. The highest BCUT2D eigenvalue weighted by molar-refractivity contribution is 5.24. The van der Waals surface area contributed by atoms with Gasteiger partial charge in [-0.15, -0.1) is 0 Å². The Balaban J connectivity index is 1.83. The number of piperidine rings is 1. The number of aromatic nitrogens is 2. The molecule has 1 aliphatic heterocycles. The summed E-state index contributed by atoms with van der Waals surface area (Å²) >= 11 is 0. The van der Waals surface area contributed by atoms with Crippen LogP contribution in [-0.2, 0) is 24.2 Å².